The van der Waals surface area contributed by atoms with Crippen molar-refractivity contribution in [3.8, 4) is 0 Å². The molecule has 108 valence electrons. The highest BCUT2D eigenvalue weighted by molar-refractivity contribution is 6.29. The van der Waals surface area contributed by atoms with Crippen molar-refractivity contribution in [2.45, 2.75) is 26.2 Å². The summed E-state index contributed by atoms with van der Waals surface area (Å²) < 4.78 is 0. The Hall–Kier alpha value is -1.69. The van der Waals surface area contributed by atoms with Crippen LogP contribution in [0.15, 0.2) is 12.1 Å². The van der Waals surface area contributed by atoms with Crippen LogP contribution in [0, 0.1) is 17.8 Å². The average molecular weight is 298 g/mol. The van der Waals surface area contributed by atoms with Crippen molar-refractivity contribution in [2.24, 2.45) is 17.8 Å². The third-order valence-electron chi connectivity index (χ3n) is 3.77. The lowest BCUT2D eigenvalue weighted by Crippen LogP contribution is -2.30. The van der Waals surface area contributed by atoms with E-state index >= 15 is 0 Å². The summed E-state index contributed by atoms with van der Waals surface area (Å²) in [6.07, 6.45) is 2.03. The first kappa shape index (κ1) is 14.7. The third kappa shape index (κ3) is 3.25. The quantitative estimate of drug-likeness (QED) is 0.889. The molecule has 2 N–H and O–H groups in total. The van der Waals surface area contributed by atoms with E-state index in [1.54, 1.807) is 0 Å². The number of carboxylic acids is 1. The van der Waals surface area contributed by atoms with E-state index in [1.807, 2.05) is 6.92 Å². The van der Waals surface area contributed by atoms with E-state index in [1.165, 1.54) is 12.1 Å². The first-order chi connectivity index (χ1) is 9.51. The van der Waals surface area contributed by atoms with Gasteiger partial charge < -0.3 is 10.4 Å². The molecule has 0 aliphatic heterocycles. The van der Waals surface area contributed by atoms with Crippen molar-refractivity contribution >= 4 is 29.3 Å². The fraction of sp³-hybridized carbons (Fsp3) is 0.538. The Morgan fingerprint density at radius 1 is 1.35 bits per heavy atom. The van der Waals surface area contributed by atoms with Crippen LogP contribution in [0.1, 0.15) is 26.2 Å². The Morgan fingerprint density at radius 2 is 2.05 bits per heavy atom. The monoisotopic (exact) mass is 297 g/mol. The second-order valence-electron chi connectivity index (χ2n) is 5.03. The summed E-state index contributed by atoms with van der Waals surface area (Å²) in [5, 5.41) is 19.4. The summed E-state index contributed by atoms with van der Waals surface area (Å²) in [4.78, 5) is 23.5. The molecule has 1 aliphatic carbocycles. The Labute approximate surface area is 121 Å². The second kappa shape index (κ2) is 6.17. The van der Waals surface area contributed by atoms with Gasteiger partial charge in [-0.05, 0) is 30.9 Å². The van der Waals surface area contributed by atoms with Crippen LogP contribution >= 0.6 is 11.6 Å². The van der Waals surface area contributed by atoms with Crippen LogP contribution in [0.4, 0.5) is 5.82 Å². The Bertz CT molecular complexity index is 506. The summed E-state index contributed by atoms with van der Waals surface area (Å²) in [7, 11) is 0. The van der Waals surface area contributed by atoms with Crippen molar-refractivity contribution < 1.29 is 14.7 Å². The van der Waals surface area contributed by atoms with E-state index in [0.717, 1.165) is 6.42 Å². The van der Waals surface area contributed by atoms with Crippen LogP contribution in [-0.4, -0.2) is 27.2 Å². The third-order valence-corrected chi connectivity index (χ3v) is 3.98. The zero-order valence-corrected chi connectivity index (χ0v) is 11.8. The maximum atomic E-state index is 12.2. The predicted molar refractivity (Wildman–Crippen MR) is 73.3 cm³/mol. The van der Waals surface area contributed by atoms with E-state index in [0.29, 0.717) is 12.8 Å². The highest BCUT2D eigenvalue weighted by Gasteiger charge is 2.42. The Kier molecular flexibility index (Phi) is 4.54. The van der Waals surface area contributed by atoms with E-state index in [2.05, 4.69) is 15.5 Å². The summed E-state index contributed by atoms with van der Waals surface area (Å²) in [5.41, 5.74) is 0. The summed E-state index contributed by atoms with van der Waals surface area (Å²) >= 11 is 5.61. The van der Waals surface area contributed by atoms with Crippen LogP contribution in [0.5, 0.6) is 0 Å². The average Bonchev–Trinajstić information content (AvgIpc) is 2.86. The van der Waals surface area contributed by atoms with Crippen LogP contribution in [0.25, 0.3) is 0 Å². The number of hydrogen-bond acceptors (Lipinski definition) is 4. The number of aromatic nitrogens is 2. The number of anilines is 1. The largest absolute Gasteiger partial charge is 0.481 e. The molecule has 0 aromatic carbocycles. The van der Waals surface area contributed by atoms with Gasteiger partial charge in [0.1, 0.15) is 0 Å². The molecule has 1 heterocycles. The van der Waals surface area contributed by atoms with Crippen molar-refractivity contribution in [1.29, 1.82) is 0 Å². The number of aliphatic carboxylic acids is 1. The van der Waals surface area contributed by atoms with Crippen LogP contribution in [0.2, 0.25) is 5.15 Å². The fourth-order valence-electron chi connectivity index (χ4n) is 2.64. The second-order valence-corrected chi connectivity index (χ2v) is 5.41. The minimum Gasteiger partial charge on any atom is -0.481 e. The molecule has 2 rings (SSSR count). The van der Waals surface area contributed by atoms with Gasteiger partial charge in [0, 0.05) is 0 Å². The van der Waals surface area contributed by atoms with Crippen molar-refractivity contribution in [1.82, 2.24) is 10.2 Å². The van der Waals surface area contributed by atoms with Gasteiger partial charge in [-0.25, -0.2) is 0 Å². The maximum Gasteiger partial charge on any atom is 0.307 e. The lowest BCUT2D eigenvalue weighted by Gasteiger charge is -2.14. The number of amides is 1. The molecular weight excluding hydrogens is 282 g/mol. The Balaban J connectivity index is 2.07. The molecule has 7 heteroatoms. The van der Waals surface area contributed by atoms with Gasteiger partial charge in [0.2, 0.25) is 5.91 Å². The minimum atomic E-state index is -0.914. The summed E-state index contributed by atoms with van der Waals surface area (Å²) in [6.45, 7) is 2.01. The number of halogens is 1. The molecule has 0 spiro atoms. The number of carbonyl (C=O) groups is 2. The molecule has 1 saturated carbocycles. The first-order valence-corrected chi connectivity index (χ1v) is 6.92. The van der Waals surface area contributed by atoms with Gasteiger partial charge in [0.25, 0.3) is 0 Å². The van der Waals surface area contributed by atoms with E-state index < -0.39 is 17.8 Å². The number of hydrogen-bond donors (Lipinski definition) is 2. The van der Waals surface area contributed by atoms with Gasteiger partial charge in [0.05, 0.1) is 11.8 Å². The molecule has 0 bridgehead atoms. The number of rotatable bonds is 4. The molecule has 1 unspecified atom stereocenters. The van der Waals surface area contributed by atoms with Crippen molar-refractivity contribution in [3.63, 3.8) is 0 Å². The van der Waals surface area contributed by atoms with E-state index in [4.69, 9.17) is 11.6 Å². The number of nitrogens with one attached hydrogen (secondary N) is 1. The molecular formula is C13H16ClN3O3. The predicted octanol–water partition coefficient (Wildman–Crippen LogP) is 2.21. The highest BCUT2D eigenvalue weighted by atomic mass is 35.5. The zero-order chi connectivity index (χ0) is 14.7. The highest BCUT2D eigenvalue weighted by Crippen LogP contribution is 2.38. The maximum absolute atomic E-state index is 12.2. The standard InChI is InChI=1S/C13H16ClN3O3/c1-2-7-5-8(9(6-7)13(19)20)12(18)15-11-4-3-10(14)16-17-11/h3-4,7-9H,2,5-6H2,1H3,(H,19,20)(H,15,17,18)/t7?,8-,9+/m0/s1. The molecule has 1 aliphatic rings. The fourth-order valence-corrected chi connectivity index (χ4v) is 2.74. The molecule has 20 heavy (non-hydrogen) atoms. The van der Waals surface area contributed by atoms with Gasteiger partial charge in [-0.15, -0.1) is 10.2 Å². The van der Waals surface area contributed by atoms with Crippen molar-refractivity contribution in [2.75, 3.05) is 5.32 Å². The summed E-state index contributed by atoms with van der Waals surface area (Å²) in [5.74, 6) is -1.81. The lowest BCUT2D eigenvalue weighted by molar-refractivity contribution is -0.145. The van der Waals surface area contributed by atoms with Crippen molar-refractivity contribution in [3.05, 3.63) is 17.3 Å². The van der Waals surface area contributed by atoms with E-state index in [9.17, 15) is 14.7 Å². The molecule has 3 atom stereocenters. The number of carboxylic acid groups (broad SMARTS) is 1. The van der Waals surface area contributed by atoms with Crippen LogP contribution in [0.3, 0.4) is 0 Å². The van der Waals surface area contributed by atoms with Crippen LogP contribution < -0.4 is 5.32 Å². The van der Waals surface area contributed by atoms with Gasteiger partial charge in [0.15, 0.2) is 11.0 Å². The molecule has 1 fully saturated rings. The van der Waals surface area contributed by atoms with E-state index in [-0.39, 0.29) is 22.8 Å². The summed E-state index contributed by atoms with van der Waals surface area (Å²) in [6, 6.07) is 3.05. The molecule has 0 radical (unpaired) electrons. The van der Waals surface area contributed by atoms with Gasteiger partial charge in [-0.3, -0.25) is 9.59 Å². The normalized spacial score (nSPS) is 25.4. The molecule has 1 aromatic rings. The topological polar surface area (TPSA) is 92.2 Å². The number of nitrogens with zero attached hydrogens (tertiary/aromatic N) is 2. The number of carbonyl (C=O) groups excluding carboxylic acids is 1. The van der Waals surface area contributed by atoms with Crippen LogP contribution in [-0.2, 0) is 9.59 Å². The Morgan fingerprint density at radius 3 is 2.60 bits per heavy atom. The molecule has 0 saturated heterocycles. The van der Waals surface area contributed by atoms with Gasteiger partial charge in [-0.1, -0.05) is 24.9 Å². The SMILES string of the molecule is CCC1C[C@H](C(=O)Nc2ccc(Cl)nn2)[C@H](C(=O)O)C1. The zero-order valence-electron chi connectivity index (χ0n) is 11.0. The molecule has 1 amide bonds. The van der Waals surface area contributed by atoms with Gasteiger partial charge >= 0.3 is 5.97 Å². The lowest BCUT2D eigenvalue weighted by atomic mass is 9.95. The first-order valence-electron chi connectivity index (χ1n) is 6.54. The molecule has 6 nitrogen and oxygen atoms in total. The smallest absolute Gasteiger partial charge is 0.307 e. The molecule has 1 aromatic heterocycles. The van der Waals surface area contributed by atoms with Gasteiger partial charge in [-0.2, -0.15) is 0 Å². The minimum absolute atomic E-state index is 0.235.